The summed E-state index contributed by atoms with van der Waals surface area (Å²) >= 11 is 0. The molecule has 0 aromatic rings. The van der Waals surface area contributed by atoms with E-state index in [9.17, 15) is 14.4 Å². The van der Waals surface area contributed by atoms with Crippen molar-refractivity contribution in [1.82, 2.24) is 0 Å². The third-order valence-corrected chi connectivity index (χ3v) is 14.1. The first-order valence-electron chi connectivity index (χ1n) is 31.5. The number of carbonyl (C=O) groups excluding carboxylic acids is 3. The topological polar surface area (TPSA) is 78.9 Å². The van der Waals surface area contributed by atoms with E-state index >= 15 is 0 Å². The van der Waals surface area contributed by atoms with Crippen LogP contribution in [0.3, 0.4) is 0 Å². The number of allylic oxidation sites excluding steroid dienone is 6. The summed E-state index contributed by atoms with van der Waals surface area (Å²) in [6.45, 7) is 6.65. The van der Waals surface area contributed by atoms with Crippen molar-refractivity contribution in [2.24, 2.45) is 0 Å². The largest absolute Gasteiger partial charge is 0.462 e. The molecule has 0 heterocycles. The van der Waals surface area contributed by atoms with E-state index in [-0.39, 0.29) is 31.1 Å². The lowest BCUT2D eigenvalue weighted by atomic mass is 10.0. The van der Waals surface area contributed by atoms with E-state index < -0.39 is 6.10 Å². The maximum absolute atomic E-state index is 12.9. The molecule has 0 bridgehead atoms. The van der Waals surface area contributed by atoms with Crippen LogP contribution in [0.5, 0.6) is 0 Å². The van der Waals surface area contributed by atoms with Crippen molar-refractivity contribution in [2.45, 2.75) is 348 Å². The fourth-order valence-corrected chi connectivity index (χ4v) is 9.39. The van der Waals surface area contributed by atoms with Crippen LogP contribution in [-0.2, 0) is 28.6 Å². The molecule has 1 unspecified atom stereocenters. The molecule has 0 spiro atoms. The second kappa shape index (κ2) is 60.2. The van der Waals surface area contributed by atoms with Gasteiger partial charge in [0, 0.05) is 19.3 Å². The van der Waals surface area contributed by atoms with Gasteiger partial charge in [-0.05, 0) is 57.8 Å². The molecular formula is C65H120O6. The van der Waals surface area contributed by atoms with Gasteiger partial charge in [-0.1, -0.05) is 301 Å². The fourth-order valence-electron chi connectivity index (χ4n) is 9.39. The van der Waals surface area contributed by atoms with Gasteiger partial charge in [0.05, 0.1) is 0 Å². The molecule has 0 aromatic carbocycles. The first-order valence-corrected chi connectivity index (χ1v) is 31.5. The van der Waals surface area contributed by atoms with Crippen molar-refractivity contribution in [3.63, 3.8) is 0 Å². The molecule has 0 fully saturated rings. The average Bonchev–Trinajstić information content (AvgIpc) is 3.37. The summed E-state index contributed by atoms with van der Waals surface area (Å²) in [6, 6.07) is 0. The lowest BCUT2D eigenvalue weighted by Crippen LogP contribution is -2.30. The summed E-state index contributed by atoms with van der Waals surface area (Å²) in [5.41, 5.74) is 0. The van der Waals surface area contributed by atoms with Gasteiger partial charge < -0.3 is 14.2 Å². The Balaban J connectivity index is 4.21. The number of hydrogen-bond acceptors (Lipinski definition) is 6. The number of unbranched alkanes of at least 4 members (excludes halogenated alkanes) is 41. The minimum atomic E-state index is -0.775. The molecule has 71 heavy (non-hydrogen) atoms. The molecule has 0 aliphatic heterocycles. The molecule has 1 atom stereocenters. The van der Waals surface area contributed by atoms with Crippen molar-refractivity contribution in [3.8, 4) is 0 Å². The van der Waals surface area contributed by atoms with E-state index in [0.29, 0.717) is 19.3 Å². The molecular weight excluding hydrogens is 877 g/mol. The number of carbonyl (C=O) groups is 3. The van der Waals surface area contributed by atoms with Crippen molar-refractivity contribution < 1.29 is 28.6 Å². The van der Waals surface area contributed by atoms with Gasteiger partial charge in [-0.25, -0.2) is 0 Å². The molecule has 0 radical (unpaired) electrons. The maximum Gasteiger partial charge on any atom is 0.306 e. The van der Waals surface area contributed by atoms with Gasteiger partial charge in [-0.15, -0.1) is 0 Å². The van der Waals surface area contributed by atoms with Crippen molar-refractivity contribution >= 4 is 17.9 Å². The Morgan fingerprint density at radius 1 is 0.282 bits per heavy atom. The summed E-state index contributed by atoms with van der Waals surface area (Å²) in [7, 11) is 0. The van der Waals surface area contributed by atoms with Crippen LogP contribution in [-0.4, -0.2) is 37.2 Å². The first kappa shape index (κ1) is 68.6. The molecule has 0 aromatic heterocycles. The quantitative estimate of drug-likeness (QED) is 0.0261. The van der Waals surface area contributed by atoms with Crippen LogP contribution in [0.2, 0.25) is 0 Å². The van der Waals surface area contributed by atoms with Gasteiger partial charge in [-0.2, -0.15) is 0 Å². The molecule has 0 saturated heterocycles. The predicted octanol–water partition coefficient (Wildman–Crippen LogP) is 21.2. The summed E-state index contributed by atoms with van der Waals surface area (Å²) < 4.78 is 16.9. The van der Waals surface area contributed by atoms with E-state index in [1.165, 1.54) is 225 Å². The maximum atomic E-state index is 12.9. The van der Waals surface area contributed by atoms with Gasteiger partial charge in [0.25, 0.3) is 0 Å². The minimum absolute atomic E-state index is 0.0728. The van der Waals surface area contributed by atoms with Crippen LogP contribution in [0.25, 0.3) is 0 Å². The molecule has 0 saturated carbocycles. The standard InChI is InChI=1S/C65H120O6/c1-4-7-10-13-16-19-21-23-25-27-29-31-32-34-35-37-39-41-43-46-49-52-55-58-64(67)70-61-62(60-69-63(66)57-54-51-48-45-18-15-12-9-6-3)71-65(68)59-56-53-50-47-44-42-40-38-36-33-30-28-26-24-22-20-17-14-11-8-5-2/h22,24,28,30,36,38,62H,4-21,23,25-27,29,31-35,37,39-61H2,1-3H3/b24-22-,30-28-,38-36-. The number of rotatable bonds is 58. The minimum Gasteiger partial charge on any atom is -0.462 e. The summed E-state index contributed by atoms with van der Waals surface area (Å²) in [5.74, 6) is -0.867. The molecule has 0 N–H and O–H groups in total. The zero-order valence-electron chi connectivity index (χ0n) is 47.8. The van der Waals surface area contributed by atoms with E-state index in [2.05, 4.69) is 57.2 Å². The molecule has 6 nitrogen and oxygen atoms in total. The third-order valence-electron chi connectivity index (χ3n) is 14.1. The van der Waals surface area contributed by atoms with E-state index in [4.69, 9.17) is 14.2 Å². The second-order valence-electron chi connectivity index (χ2n) is 21.3. The summed E-state index contributed by atoms with van der Waals surface area (Å²) in [4.78, 5) is 38.1. The Labute approximate surface area is 442 Å². The van der Waals surface area contributed by atoms with Gasteiger partial charge in [0.15, 0.2) is 6.10 Å². The zero-order valence-corrected chi connectivity index (χ0v) is 47.8. The molecule has 0 rings (SSSR count). The monoisotopic (exact) mass is 997 g/mol. The Hall–Kier alpha value is -2.37. The van der Waals surface area contributed by atoms with Gasteiger partial charge in [0.1, 0.15) is 13.2 Å². The Morgan fingerprint density at radius 3 is 0.789 bits per heavy atom. The predicted molar refractivity (Wildman–Crippen MR) is 307 cm³/mol. The van der Waals surface area contributed by atoms with Gasteiger partial charge in [-0.3, -0.25) is 14.4 Å². The molecule has 6 heteroatoms. The SMILES string of the molecule is CCCCCCC/C=C\C/C=C\C/C=C\CCCCCCCCC(=O)OC(COC(=O)CCCCCCCCCCC)COC(=O)CCCCCCCCCCCCCCCCCCCCCCCCC. The number of ether oxygens (including phenoxy) is 3. The second-order valence-corrected chi connectivity index (χ2v) is 21.3. The van der Waals surface area contributed by atoms with Crippen LogP contribution >= 0.6 is 0 Å². The highest BCUT2D eigenvalue weighted by atomic mass is 16.6. The first-order chi connectivity index (χ1) is 35.0. The zero-order chi connectivity index (χ0) is 51.4. The third kappa shape index (κ3) is 58.4. The van der Waals surface area contributed by atoms with Crippen LogP contribution in [0.4, 0.5) is 0 Å². The van der Waals surface area contributed by atoms with Crippen LogP contribution < -0.4 is 0 Å². The summed E-state index contributed by atoms with van der Waals surface area (Å²) in [6.07, 6.45) is 73.0. The normalized spacial score (nSPS) is 12.2. The highest BCUT2D eigenvalue weighted by Crippen LogP contribution is 2.17. The Kier molecular flexibility index (Phi) is 58.2. The fraction of sp³-hybridized carbons (Fsp3) is 0.862. The van der Waals surface area contributed by atoms with Crippen LogP contribution in [0.15, 0.2) is 36.5 Å². The number of esters is 3. The lowest BCUT2D eigenvalue weighted by molar-refractivity contribution is -0.167. The van der Waals surface area contributed by atoms with E-state index in [0.717, 1.165) is 77.0 Å². The van der Waals surface area contributed by atoms with Crippen molar-refractivity contribution in [2.75, 3.05) is 13.2 Å². The lowest BCUT2D eigenvalue weighted by Gasteiger charge is -2.18. The molecule has 416 valence electrons. The molecule has 0 aliphatic rings. The van der Waals surface area contributed by atoms with Crippen LogP contribution in [0, 0.1) is 0 Å². The van der Waals surface area contributed by atoms with Crippen molar-refractivity contribution in [3.05, 3.63) is 36.5 Å². The smallest absolute Gasteiger partial charge is 0.306 e. The van der Waals surface area contributed by atoms with E-state index in [1.54, 1.807) is 0 Å². The number of hydrogen-bond donors (Lipinski definition) is 0. The average molecular weight is 998 g/mol. The van der Waals surface area contributed by atoms with Crippen molar-refractivity contribution in [1.29, 1.82) is 0 Å². The van der Waals surface area contributed by atoms with E-state index in [1.807, 2.05) is 0 Å². The molecule has 0 amide bonds. The Bertz CT molecular complexity index is 1190. The summed E-state index contributed by atoms with van der Waals surface area (Å²) in [5, 5.41) is 0. The molecule has 0 aliphatic carbocycles. The van der Waals surface area contributed by atoms with Gasteiger partial charge in [0.2, 0.25) is 0 Å². The van der Waals surface area contributed by atoms with Crippen LogP contribution in [0.1, 0.15) is 342 Å². The Morgan fingerprint density at radius 2 is 0.507 bits per heavy atom. The highest BCUT2D eigenvalue weighted by molar-refractivity contribution is 5.71. The van der Waals surface area contributed by atoms with Gasteiger partial charge >= 0.3 is 17.9 Å². The highest BCUT2D eigenvalue weighted by Gasteiger charge is 2.19.